The molecule has 4 heteroatoms. The van der Waals surface area contributed by atoms with Crippen LogP contribution in [-0.4, -0.2) is 15.1 Å². The highest BCUT2D eigenvalue weighted by atomic mass is 16.5. The van der Waals surface area contributed by atoms with Crippen molar-refractivity contribution in [1.29, 1.82) is 0 Å². The van der Waals surface area contributed by atoms with Crippen LogP contribution in [0.5, 0.6) is 0 Å². The van der Waals surface area contributed by atoms with E-state index in [2.05, 4.69) is 94.0 Å². The zero-order valence-electron chi connectivity index (χ0n) is 21.7. The van der Waals surface area contributed by atoms with Gasteiger partial charge >= 0.3 is 0 Å². The lowest BCUT2D eigenvalue weighted by atomic mass is 9.84. The highest BCUT2D eigenvalue weighted by molar-refractivity contribution is 6.22. The Kier molecular flexibility index (Phi) is 5.52. The number of aryl methyl sites for hydroxylation is 2. The number of hydrogen-bond acceptors (Lipinski definition) is 4. The molecule has 0 spiro atoms. The average Bonchev–Trinajstić information content (AvgIpc) is 3.33. The van der Waals surface area contributed by atoms with E-state index in [0.29, 0.717) is 0 Å². The lowest BCUT2D eigenvalue weighted by molar-refractivity contribution is 0.393. The van der Waals surface area contributed by atoms with Crippen LogP contribution in [-0.2, 0) is 0 Å². The number of benzene rings is 4. The van der Waals surface area contributed by atoms with Gasteiger partial charge in [-0.05, 0) is 89.0 Å². The van der Waals surface area contributed by atoms with Gasteiger partial charge in [-0.15, -0.1) is 0 Å². The van der Waals surface area contributed by atoms with Crippen LogP contribution in [0, 0.1) is 13.8 Å². The Morgan fingerprint density at radius 3 is 1.38 bits per heavy atom. The molecule has 3 heterocycles. The predicted molar refractivity (Wildman–Crippen MR) is 158 cm³/mol. The van der Waals surface area contributed by atoms with Crippen molar-refractivity contribution in [2.45, 2.75) is 13.8 Å². The van der Waals surface area contributed by atoms with E-state index in [-0.39, 0.29) is 0 Å². The van der Waals surface area contributed by atoms with Gasteiger partial charge in [0.2, 0.25) is 0 Å². The largest absolute Gasteiger partial charge is 0.361 e. The van der Waals surface area contributed by atoms with Gasteiger partial charge in [-0.25, -0.2) is 0 Å². The van der Waals surface area contributed by atoms with Crippen molar-refractivity contribution in [2.75, 3.05) is 0 Å². The minimum absolute atomic E-state index is 0.824. The summed E-state index contributed by atoms with van der Waals surface area (Å²) in [5.41, 5.74) is 9.38. The molecule has 0 fully saturated rings. The van der Waals surface area contributed by atoms with Crippen molar-refractivity contribution >= 4 is 21.5 Å². The Hall–Kier alpha value is -5.09. The van der Waals surface area contributed by atoms with Gasteiger partial charge in [-0.2, -0.15) is 0 Å². The molecule has 0 saturated carbocycles. The van der Waals surface area contributed by atoms with E-state index >= 15 is 0 Å². The minimum Gasteiger partial charge on any atom is -0.361 e. The van der Waals surface area contributed by atoms with Gasteiger partial charge in [-0.3, -0.25) is 9.97 Å². The molecule has 0 bridgehead atoms. The van der Waals surface area contributed by atoms with Crippen molar-refractivity contribution in [3.05, 3.63) is 127 Å². The summed E-state index contributed by atoms with van der Waals surface area (Å²) in [5.74, 6) is 0.824. The van der Waals surface area contributed by atoms with Gasteiger partial charge in [-0.1, -0.05) is 65.8 Å². The molecule has 0 N–H and O–H groups in total. The van der Waals surface area contributed by atoms with Gasteiger partial charge in [0.15, 0.2) is 0 Å². The molecule has 0 atom stereocenters. The molecule has 0 radical (unpaired) electrons. The first kappa shape index (κ1) is 23.1. The van der Waals surface area contributed by atoms with Gasteiger partial charge in [0.05, 0.1) is 17.1 Å². The Balaban J connectivity index is 1.61. The summed E-state index contributed by atoms with van der Waals surface area (Å²) in [4.78, 5) is 9.35. The monoisotopic (exact) mass is 503 g/mol. The van der Waals surface area contributed by atoms with E-state index in [9.17, 15) is 0 Å². The zero-order chi connectivity index (χ0) is 26.3. The van der Waals surface area contributed by atoms with E-state index in [1.807, 2.05) is 50.5 Å². The van der Waals surface area contributed by atoms with Crippen LogP contribution in [0.4, 0.5) is 0 Å². The summed E-state index contributed by atoms with van der Waals surface area (Å²) in [6, 6.07) is 36.0. The molecule has 0 aliphatic carbocycles. The quantitative estimate of drug-likeness (QED) is 0.225. The molecular weight excluding hydrogens is 478 g/mol. The number of rotatable bonds is 4. The average molecular weight is 504 g/mol. The van der Waals surface area contributed by atoms with Crippen molar-refractivity contribution in [2.24, 2.45) is 0 Å². The molecule has 7 rings (SSSR count). The number of hydrogen-bond donors (Lipinski definition) is 0. The highest BCUT2D eigenvalue weighted by Gasteiger charge is 2.21. The van der Waals surface area contributed by atoms with Crippen LogP contribution in [0.15, 0.2) is 120 Å². The number of fused-ring (bicyclic) bond motifs is 2. The summed E-state index contributed by atoms with van der Waals surface area (Å²) >= 11 is 0. The molecule has 3 aromatic heterocycles. The van der Waals surface area contributed by atoms with E-state index in [1.165, 1.54) is 27.1 Å². The smallest absolute Gasteiger partial charge is 0.141 e. The standard InChI is InChI=1S/C35H25N3O/c1-22-33(23(2)39-38-22)35-29-13-5-3-11-27(29)34(28-12-4-6-14-30(28)35)26-20-24(31-15-7-9-17-36-31)19-25(21-26)32-16-8-10-18-37-32/h3-21H,1-2H3. The predicted octanol–water partition coefficient (Wildman–Crippen LogP) is 9.06. The molecule has 186 valence electrons. The van der Waals surface area contributed by atoms with E-state index < -0.39 is 0 Å². The minimum atomic E-state index is 0.824. The fourth-order valence-corrected chi connectivity index (χ4v) is 5.68. The van der Waals surface area contributed by atoms with Crippen LogP contribution >= 0.6 is 0 Å². The van der Waals surface area contributed by atoms with Gasteiger partial charge < -0.3 is 4.52 Å². The van der Waals surface area contributed by atoms with Crippen molar-refractivity contribution in [3.8, 4) is 44.8 Å². The summed E-state index contributed by atoms with van der Waals surface area (Å²) in [7, 11) is 0. The lowest BCUT2D eigenvalue weighted by Crippen LogP contribution is -1.94. The third-order valence-electron chi connectivity index (χ3n) is 7.36. The van der Waals surface area contributed by atoms with Gasteiger partial charge in [0.25, 0.3) is 0 Å². The lowest BCUT2D eigenvalue weighted by Gasteiger charge is -2.18. The van der Waals surface area contributed by atoms with E-state index in [4.69, 9.17) is 4.52 Å². The molecule has 39 heavy (non-hydrogen) atoms. The summed E-state index contributed by atoms with van der Waals surface area (Å²) in [6.45, 7) is 4.00. The van der Waals surface area contributed by atoms with Crippen molar-refractivity contribution in [1.82, 2.24) is 15.1 Å². The van der Waals surface area contributed by atoms with Crippen LogP contribution in [0.2, 0.25) is 0 Å². The second-order valence-corrected chi connectivity index (χ2v) is 9.77. The van der Waals surface area contributed by atoms with Gasteiger partial charge in [0.1, 0.15) is 5.76 Å². The second-order valence-electron chi connectivity index (χ2n) is 9.77. The molecule has 4 nitrogen and oxygen atoms in total. The maximum absolute atomic E-state index is 5.63. The maximum Gasteiger partial charge on any atom is 0.141 e. The normalized spacial score (nSPS) is 11.3. The molecule has 0 saturated heterocycles. The Morgan fingerprint density at radius 2 is 0.949 bits per heavy atom. The fraction of sp³-hybridized carbons (Fsp3) is 0.0571. The van der Waals surface area contributed by atoms with E-state index in [0.717, 1.165) is 50.7 Å². The molecular formula is C35H25N3O. The first-order chi connectivity index (χ1) is 19.2. The van der Waals surface area contributed by atoms with Crippen LogP contribution in [0.1, 0.15) is 11.5 Å². The highest BCUT2D eigenvalue weighted by Crippen LogP contribution is 2.46. The molecule has 0 amide bonds. The number of nitrogens with zero attached hydrogens (tertiary/aromatic N) is 3. The molecule has 4 aromatic carbocycles. The number of aromatic nitrogens is 3. The fourth-order valence-electron chi connectivity index (χ4n) is 5.68. The number of pyridine rings is 2. The first-order valence-electron chi connectivity index (χ1n) is 13.0. The SMILES string of the molecule is Cc1noc(C)c1-c1c2ccccc2c(-c2cc(-c3ccccn3)cc(-c3ccccn3)c2)c2ccccc12. The van der Waals surface area contributed by atoms with Crippen LogP contribution in [0.25, 0.3) is 66.3 Å². The van der Waals surface area contributed by atoms with E-state index in [1.54, 1.807) is 0 Å². The van der Waals surface area contributed by atoms with Crippen LogP contribution < -0.4 is 0 Å². The summed E-state index contributed by atoms with van der Waals surface area (Å²) < 4.78 is 5.63. The summed E-state index contributed by atoms with van der Waals surface area (Å²) in [5, 5.41) is 8.98. The van der Waals surface area contributed by atoms with Crippen molar-refractivity contribution in [3.63, 3.8) is 0 Å². The molecule has 0 aliphatic rings. The first-order valence-corrected chi connectivity index (χ1v) is 13.0. The van der Waals surface area contributed by atoms with Gasteiger partial charge in [0, 0.05) is 34.6 Å². The topological polar surface area (TPSA) is 51.8 Å². The Labute approximate surface area is 226 Å². The zero-order valence-corrected chi connectivity index (χ0v) is 21.7. The molecule has 0 aliphatic heterocycles. The maximum atomic E-state index is 5.63. The molecule has 7 aromatic rings. The Morgan fingerprint density at radius 1 is 0.487 bits per heavy atom. The van der Waals surface area contributed by atoms with Crippen LogP contribution in [0.3, 0.4) is 0 Å². The second kappa shape index (κ2) is 9.34. The third kappa shape index (κ3) is 3.89. The Bertz CT molecular complexity index is 1840. The third-order valence-corrected chi connectivity index (χ3v) is 7.36. The molecule has 0 unspecified atom stereocenters. The van der Waals surface area contributed by atoms with Crippen molar-refractivity contribution < 1.29 is 4.52 Å². The summed E-state index contributed by atoms with van der Waals surface area (Å²) in [6.07, 6.45) is 3.68.